The topological polar surface area (TPSA) is 48.7 Å². The van der Waals surface area contributed by atoms with Gasteiger partial charge in [0.2, 0.25) is 0 Å². The molecule has 0 amide bonds. The Balaban J connectivity index is 2.65. The molecule has 0 fully saturated rings. The van der Waals surface area contributed by atoms with Crippen molar-refractivity contribution in [1.82, 2.24) is 0 Å². The number of methoxy groups -OCH3 is 2. The molecule has 0 saturated heterocycles. The van der Waals surface area contributed by atoms with Crippen LogP contribution in [0.4, 0.5) is 4.39 Å². The van der Waals surface area contributed by atoms with Gasteiger partial charge >= 0.3 is 5.97 Å². The van der Waals surface area contributed by atoms with Crippen LogP contribution in [0, 0.1) is 5.82 Å². The van der Waals surface area contributed by atoms with Crippen LogP contribution >= 0.6 is 0 Å². The Bertz CT molecular complexity index is 544. The molecule has 0 radical (unpaired) electrons. The zero-order valence-corrected chi connectivity index (χ0v) is 8.74. The molecule has 1 aromatic heterocycles. The van der Waals surface area contributed by atoms with Crippen molar-refractivity contribution in [2.75, 3.05) is 14.2 Å². The van der Waals surface area contributed by atoms with E-state index in [9.17, 15) is 9.18 Å². The summed E-state index contributed by atoms with van der Waals surface area (Å²) in [7, 11) is 2.61. The molecule has 16 heavy (non-hydrogen) atoms. The monoisotopic (exact) mass is 224 g/mol. The van der Waals surface area contributed by atoms with Gasteiger partial charge in [0.25, 0.3) is 0 Å². The predicted octanol–water partition coefficient (Wildman–Crippen LogP) is 2.37. The molecule has 0 N–H and O–H groups in total. The molecule has 84 valence electrons. The highest BCUT2D eigenvalue weighted by Crippen LogP contribution is 2.28. The molecule has 2 rings (SSSR count). The zero-order valence-electron chi connectivity index (χ0n) is 8.74. The molecule has 0 spiro atoms. The van der Waals surface area contributed by atoms with Gasteiger partial charge in [-0.25, -0.2) is 9.18 Å². The zero-order chi connectivity index (χ0) is 11.7. The number of hydrogen-bond donors (Lipinski definition) is 0. The van der Waals surface area contributed by atoms with E-state index < -0.39 is 11.8 Å². The maximum absolute atomic E-state index is 13.4. The summed E-state index contributed by atoms with van der Waals surface area (Å²) in [6, 6.07) is 2.57. The summed E-state index contributed by atoms with van der Waals surface area (Å²) in [6.45, 7) is 0. The van der Waals surface area contributed by atoms with Crippen LogP contribution in [0.25, 0.3) is 11.0 Å². The Morgan fingerprint density at radius 2 is 2.12 bits per heavy atom. The number of halogens is 1. The van der Waals surface area contributed by atoms with Crippen molar-refractivity contribution in [3.63, 3.8) is 0 Å². The number of hydrogen-bond acceptors (Lipinski definition) is 4. The smallest absolute Gasteiger partial charge is 0.341 e. The van der Waals surface area contributed by atoms with Crippen LogP contribution in [0.3, 0.4) is 0 Å². The maximum atomic E-state index is 13.4. The highest BCUT2D eigenvalue weighted by atomic mass is 19.1. The summed E-state index contributed by atoms with van der Waals surface area (Å²) in [4.78, 5) is 11.3. The summed E-state index contributed by atoms with van der Waals surface area (Å²) in [5.74, 6) is -1.05. The first kappa shape index (κ1) is 10.5. The second-order valence-corrected chi connectivity index (χ2v) is 3.12. The molecule has 0 aliphatic rings. The van der Waals surface area contributed by atoms with Gasteiger partial charge in [-0.3, -0.25) is 0 Å². The number of ether oxygens (including phenoxy) is 2. The van der Waals surface area contributed by atoms with Gasteiger partial charge in [0.1, 0.15) is 17.4 Å². The quantitative estimate of drug-likeness (QED) is 0.735. The van der Waals surface area contributed by atoms with Gasteiger partial charge in [0, 0.05) is 11.5 Å². The third kappa shape index (κ3) is 1.50. The van der Waals surface area contributed by atoms with E-state index in [0.29, 0.717) is 11.0 Å². The number of rotatable bonds is 2. The van der Waals surface area contributed by atoms with E-state index in [1.165, 1.54) is 32.6 Å². The lowest BCUT2D eigenvalue weighted by Crippen LogP contribution is -1.99. The van der Waals surface area contributed by atoms with Crippen LogP contribution in [0.5, 0.6) is 5.75 Å². The molecular formula is C11H9FO4. The molecule has 0 saturated carbocycles. The molecule has 0 unspecified atom stereocenters. The first-order valence-corrected chi connectivity index (χ1v) is 4.50. The Kier molecular flexibility index (Phi) is 2.52. The lowest BCUT2D eigenvalue weighted by atomic mass is 10.1. The van der Waals surface area contributed by atoms with Crippen molar-refractivity contribution in [3.05, 3.63) is 29.8 Å². The fourth-order valence-corrected chi connectivity index (χ4v) is 1.45. The normalized spacial score (nSPS) is 10.4. The van der Waals surface area contributed by atoms with E-state index in [2.05, 4.69) is 4.74 Å². The van der Waals surface area contributed by atoms with Crippen molar-refractivity contribution in [1.29, 1.82) is 0 Å². The molecule has 2 aromatic rings. The van der Waals surface area contributed by atoms with Crippen molar-refractivity contribution in [2.45, 2.75) is 0 Å². The number of esters is 1. The molecule has 0 aliphatic carbocycles. The molecule has 5 heteroatoms. The van der Waals surface area contributed by atoms with Crippen molar-refractivity contribution >= 4 is 16.9 Å². The summed E-state index contributed by atoms with van der Waals surface area (Å²) < 4.78 is 27.9. The van der Waals surface area contributed by atoms with Gasteiger partial charge in [0.05, 0.1) is 14.2 Å². The predicted molar refractivity (Wildman–Crippen MR) is 54.1 cm³/mol. The van der Waals surface area contributed by atoms with Gasteiger partial charge < -0.3 is 13.9 Å². The largest absolute Gasteiger partial charge is 0.494 e. The summed E-state index contributed by atoms with van der Waals surface area (Å²) >= 11 is 0. The number of benzene rings is 1. The Labute approximate surface area is 90.6 Å². The van der Waals surface area contributed by atoms with E-state index in [0.717, 1.165) is 0 Å². The summed E-state index contributed by atoms with van der Waals surface area (Å²) in [5.41, 5.74) is 0.567. The van der Waals surface area contributed by atoms with Crippen molar-refractivity contribution in [3.8, 4) is 5.75 Å². The highest BCUT2D eigenvalue weighted by molar-refractivity contribution is 6.03. The van der Waals surface area contributed by atoms with Gasteiger partial charge in [0.15, 0.2) is 11.6 Å². The molecule has 0 atom stereocenters. The van der Waals surface area contributed by atoms with Crippen LogP contribution in [0.1, 0.15) is 10.4 Å². The minimum Gasteiger partial charge on any atom is -0.494 e. The van der Waals surface area contributed by atoms with E-state index in [4.69, 9.17) is 9.15 Å². The summed E-state index contributed by atoms with van der Waals surface area (Å²) in [6.07, 6.45) is 1.23. The average Bonchev–Trinajstić information content (AvgIpc) is 2.69. The third-order valence-electron chi connectivity index (χ3n) is 2.25. The first-order valence-electron chi connectivity index (χ1n) is 4.50. The maximum Gasteiger partial charge on any atom is 0.341 e. The number of fused-ring (bicyclic) bond motifs is 1. The first-order chi connectivity index (χ1) is 7.67. The van der Waals surface area contributed by atoms with Crippen LogP contribution in [0.15, 0.2) is 22.8 Å². The van der Waals surface area contributed by atoms with E-state index in [1.807, 2.05) is 0 Å². The minimum atomic E-state index is -0.566. The number of carbonyl (C=O) groups excluding carboxylic acids is 1. The highest BCUT2D eigenvalue weighted by Gasteiger charge is 2.16. The standard InChI is InChI=1S/C11H9FO4/c1-14-10-4-9-6(3-8(10)12)7(5-16-9)11(13)15-2/h3-5H,1-2H3. The van der Waals surface area contributed by atoms with E-state index in [1.54, 1.807) is 0 Å². The molecule has 0 bridgehead atoms. The summed E-state index contributed by atoms with van der Waals surface area (Å²) in [5, 5.41) is 0.366. The average molecular weight is 224 g/mol. The lowest BCUT2D eigenvalue weighted by molar-refractivity contribution is 0.0602. The van der Waals surface area contributed by atoms with Gasteiger partial charge in [-0.15, -0.1) is 0 Å². The minimum absolute atomic E-state index is 0.0678. The van der Waals surface area contributed by atoms with Crippen LogP contribution < -0.4 is 4.74 Å². The second-order valence-electron chi connectivity index (χ2n) is 3.12. The van der Waals surface area contributed by atoms with Gasteiger partial charge in [-0.05, 0) is 6.07 Å². The van der Waals surface area contributed by atoms with Gasteiger partial charge in [-0.1, -0.05) is 0 Å². The van der Waals surface area contributed by atoms with E-state index in [-0.39, 0.29) is 11.3 Å². The Morgan fingerprint density at radius 1 is 1.38 bits per heavy atom. The van der Waals surface area contributed by atoms with Crippen LogP contribution in [-0.4, -0.2) is 20.2 Å². The van der Waals surface area contributed by atoms with Crippen molar-refractivity contribution in [2.24, 2.45) is 0 Å². The number of furan rings is 1. The van der Waals surface area contributed by atoms with Crippen LogP contribution in [-0.2, 0) is 4.74 Å². The fraction of sp³-hybridized carbons (Fsp3) is 0.182. The second kappa shape index (κ2) is 3.84. The third-order valence-corrected chi connectivity index (χ3v) is 2.25. The fourth-order valence-electron chi connectivity index (χ4n) is 1.45. The SMILES string of the molecule is COC(=O)c1coc2cc(OC)c(F)cc12. The van der Waals surface area contributed by atoms with Gasteiger partial charge in [-0.2, -0.15) is 0 Å². The molecule has 0 aliphatic heterocycles. The van der Waals surface area contributed by atoms with Crippen LogP contribution in [0.2, 0.25) is 0 Å². The van der Waals surface area contributed by atoms with E-state index >= 15 is 0 Å². The molecule has 1 heterocycles. The lowest BCUT2D eigenvalue weighted by Gasteiger charge is -2.01. The Hall–Kier alpha value is -2.04. The molecule has 4 nitrogen and oxygen atoms in total. The Morgan fingerprint density at radius 3 is 2.75 bits per heavy atom. The molecule has 1 aromatic carbocycles. The number of carbonyl (C=O) groups is 1. The van der Waals surface area contributed by atoms with Crippen molar-refractivity contribution < 1.29 is 23.1 Å². The molecular weight excluding hydrogens is 215 g/mol.